The molecule has 94 valence electrons. The summed E-state index contributed by atoms with van der Waals surface area (Å²) in [5, 5.41) is 4.95. The second-order valence-electron chi connectivity index (χ2n) is 4.78. The Labute approximate surface area is 117 Å². The lowest BCUT2D eigenvalue weighted by Gasteiger charge is -2.15. The number of nitrogens with one attached hydrogen (secondary N) is 1. The van der Waals surface area contributed by atoms with E-state index < -0.39 is 0 Å². The third-order valence-corrected chi connectivity index (χ3v) is 4.20. The standard InChI is InChI=1S/C13H16Cl3N/c14-6-5-13(3-4-13)9-17-8-10-7-11(15)1-2-12(10)16/h1-2,7,17H,3-6,8-9H2. The van der Waals surface area contributed by atoms with Gasteiger partial charge in [0.25, 0.3) is 0 Å². The molecule has 0 aromatic heterocycles. The summed E-state index contributed by atoms with van der Waals surface area (Å²) in [6, 6.07) is 5.56. The summed E-state index contributed by atoms with van der Waals surface area (Å²) in [4.78, 5) is 0. The van der Waals surface area contributed by atoms with Crippen LogP contribution in [0, 0.1) is 5.41 Å². The van der Waals surface area contributed by atoms with Gasteiger partial charge in [-0.3, -0.25) is 0 Å². The van der Waals surface area contributed by atoms with Gasteiger partial charge in [0.05, 0.1) is 0 Å². The van der Waals surface area contributed by atoms with Gasteiger partial charge in [-0.2, -0.15) is 0 Å². The largest absolute Gasteiger partial charge is 0.312 e. The Balaban J connectivity index is 1.84. The van der Waals surface area contributed by atoms with Gasteiger partial charge in [0.2, 0.25) is 0 Å². The summed E-state index contributed by atoms with van der Waals surface area (Å²) < 4.78 is 0. The molecule has 0 bridgehead atoms. The van der Waals surface area contributed by atoms with Gasteiger partial charge >= 0.3 is 0 Å². The fourth-order valence-corrected chi connectivity index (χ4v) is 2.81. The van der Waals surface area contributed by atoms with Gasteiger partial charge in [0, 0.05) is 29.0 Å². The predicted molar refractivity (Wildman–Crippen MR) is 75.2 cm³/mol. The summed E-state index contributed by atoms with van der Waals surface area (Å²) in [7, 11) is 0. The molecule has 0 spiro atoms. The van der Waals surface area contributed by atoms with Crippen LogP contribution in [0.3, 0.4) is 0 Å². The van der Waals surface area contributed by atoms with E-state index >= 15 is 0 Å². The zero-order chi connectivity index (χ0) is 12.3. The van der Waals surface area contributed by atoms with Crippen LogP contribution in [0.4, 0.5) is 0 Å². The van der Waals surface area contributed by atoms with E-state index in [1.807, 2.05) is 18.2 Å². The maximum Gasteiger partial charge on any atom is 0.0451 e. The Bertz CT molecular complexity index is 388. The zero-order valence-corrected chi connectivity index (χ0v) is 11.9. The molecular weight excluding hydrogens is 277 g/mol. The summed E-state index contributed by atoms with van der Waals surface area (Å²) in [6.07, 6.45) is 3.68. The van der Waals surface area contributed by atoms with Crippen LogP contribution in [-0.2, 0) is 6.54 Å². The molecule has 0 heterocycles. The first-order chi connectivity index (χ1) is 8.15. The third-order valence-electron chi connectivity index (χ3n) is 3.41. The van der Waals surface area contributed by atoms with Gasteiger partial charge in [-0.05, 0) is 48.4 Å². The number of halogens is 3. The second-order valence-corrected chi connectivity index (χ2v) is 6.00. The van der Waals surface area contributed by atoms with Crippen molar-refractivity contribution in [3.63, 3.8) is 0 Å². The number of benzene rings is 1. The molecule has 1 aromatic rings. The molecular formula is C13H16Cl3N. The minimum absolute atomic E-state index is 0.451. The maximum absolute atomic E-state index is 6.10. The molecule has 1 nitrogen and oxygen atoms in total. The SMILES string of the molecule is ClCCC1(CNCc2cc(Cl)ccc2Cl)CC1. The average molecular weight is 293 g/mol. The van der Waals surface area contributed by atoms with E-state index in [0.29, 0.717) is 5.41 Å². The van der Waals surface area contributed by atoms with Gasteiger partial charge in [0.15, 0.2) is 0 Å². The van der Waals surface area contributed by atoms with E-state index in [-0.39, 0.29) is 0 Å². The summed E-state index contributed by atoms with van der Waals surface area (Å²) >= 11 is 17.8. The third kappa shape index (κ3) is 3.75. The summed E-state index contributed by atoms with van der Waals surface area (Å²) in [6.45, 7) is 1.78. The molecule has 17 heavy (non-hydrogen) atoms. The van der Waals surface area contributed by atoms with E-state index in [4.69, 9.17) is 34.8 Å². The number of alkyl halides is 1. The van der Waals surface area contributed by atoms with Crippen molar-refractivity contribution in [2.45, 2.75) is 25.8 Å². The van der Waals surface area contributed by atoms with Crippen molar-refractivity contribution in [2.24, 2.45) is 5.41 Å². The molecule has 0 atom stereocenters. The smallest absolute Gasteiger partial charge is 0.0451 e. The van der Waals surface area contributed by atoms with E-state index in [2.05, 4.69) is 5.32 Å². The highest BCUT2D eigenvalue weighted by Gasteiger charge is 2.41. The molecule has 1 N–H and O–H groups in total. The number of rotatable bonds is 6. The van der Waals surface area contributed by atoms with Crippen molar-refractivity contribution in [3.05, 3.63) is 33.8 Å². The van der Waals surface area contributed by atoms with Crippen molar-refractivity contribution in [1.29, 1.82) is 0 Å². The molecule has 0 amide bonds. The predicted octanol–water partition coefficient (Wildman–Crippen LogP) is 4.49. The van der Waals surface area contributed by atoms with Crippen molar-refractivity contribution in [2.75, 3.05) is 12.4 Å². The Hall–Kier alpha value is 0.0500. The van der Waals surface area contributed by atoms with Crippen LogP contribution in [0.15, 0.2) is 18.2 Å². The van der Waals surface area contributed by atoms with Gasteiger partial charge in [-0.25, -0.2) is 0 Å². The van der Waals surface area contributed by atoms with Crippen LogP contribution >= 0.6 is 34.8 Å². The second kappa shape index (κ2) is 5.79. The van der Waals surface area contributed by atoms with Crippen molar-refractivity contribution in [1.82, 2.24) is 5.32 Å². The molecule has 1 aliphatic rings. The molecule has 2 rings (SSSR count). The molecule has 1 saturated carbocycles. The monoisotopic (exact) mass is 291 g/mol. The van der Waals surface area contributed by atoms with Gasteiger partial charge in [0.1, 0.15) is 0 Å². The lowest BCUT2D eigenvalue weighted by molar-refractivity contribution is 0.446. The Morgan fingerprint density at radius 2 is 2.00 bits per heavy atom. The van der Waals surface area contributed by atoms with Crippen molar-refractivity contribution >= 4 is 34.8 Å². The number of hydrogen-bond donors (Lipinski definition) is 1. The quantitative estimate of drug-likeness (QED) is 0.762. The van der Waals surface area contributed by atoms with E-state index in [9.17, 15) is 0 Å². The maximum atomic E-state index is 6.10. The Morgan fingerprint density at radius 3 is 2.65 bits per heavy atom. The molecule has 0 unspecified atom stereocenters. The van der Waals surface area contributed by atoms with Gasteiger partial charge in [-0.15, -0.1) is 11.6 Å². The normalized spacial score (nSPS) is 17.1. The zero-order valence-electron chi connectivity index (χ0n) is 9.61. The molecule has 1 fully saturated rings. The molecule has 1 aliphatic carbocycles. The first kappa shape index (κ1) is 13.5. The average Bonchev–Trinajstić information content (AvgIpc) is 3.04. The van der Waals surface area contributed by atoms with Crippen LogP contribution in [0.5, 0.6) is 0 Å². The fourth-order valence-electron chi connectivity index (χ4n) is 2.03. The topological polar surface area (TPSA) is 12.0 Å². The minimum Gasteiger partial charge on any atom is -0.312 e. The van der Waals surface area contributed by atoms with Crippen LogP contribution in [0.25, 0.3) is 0 Å². The Morgan fingerprint density at radius 1 is 1.24 bits per heavy atom. The molecule has 0 radical (unpaired) electrons. The van der Waals surface area contributed by atoms with Crippen molar-refractivity contribution < 1.29 is 0 Å². The van der Waals surface area contributed by atoms with E-state index in [1.54, 1.807) is 0 Å². The highest BCUT2D eigenvalue weighted by molar-refractivity contribution is 6.33. The van der Waals surface area contributed by atoms with Gasteiger partial charge in [-0.1, -0.05) is 23.2 Å². The van der Waals surface area contributed by atoms with Crippen LogP contribution < -0.4 is 5.32 Å². The van der Waals surface area contributed by atoms with Crippen LogP contribution in [-0.4, -0.2) is 12.4 Å². The van der Waals surface area contributed by atoms with E-state index in [0.717, 1.165) is 41.0 Å². The molecule has 0 saturated heterocycles. The number of hydrogen-bond acceptors (Lipinski definition) is 1. The molecule has 1 aromatic carbocycles. The molecule has 4 heteroatoms. The highest BCUT2D eigenvalue weighted by Crippen LogP contribution is 2.48. The summed E-state index contributed by atoms with van der Waals surface area (Å²) in [5.74, 6) is 0.750. The Kier molecular flexibility index (Phi) is 4.59. The van der Waals surface area contributed by atoms with Gasteiger partial charge < -0.3 is 5.32 Å². The minimum atomic E-state index is 0.451. The van der Waals surface area contributed by atoms with E-state index in [1.165, 1.54) is 12.8 Å². The van der Waals surface area contributed by atoms with Crippen LogP contribution in [0.2, 0.25) is 10.0 Å². The first-order valence-electron chi connectivity index (χ1n) is 5.86. The fraction of sp³-hybridized carbons (Fsp3) is 0.538. The lowest BCUT2D eigenvalue weighted by atomic mass is 10.0. The van der Waals surface area contributed by atoms with Crippen molar-refractivity contribution in [3.8, 4) is 0 Å². The lowest BCUT2D eigenvalue weighted by Crippen LogP contribution is -2.24. The highest BCUT2D eigenvalue weighted by atomic mass is 35.5. The first-order valence-corrected chi connectivity index (χ1v) is 7.15. The summed E-state index contributed by atoms with van der Waals surface area (Å²) in [5.41, 5.74) is 1.51. The van der Waals surface area contributed by atoms with Crippen LogP contribution in [0.1, 0.15) is 24.8 Å². The molecule has 0 aliphatic heterocycles.